The van der Waals surface area contributed by atoms with Crippen molar-refractivity contribution >= 4 is 11.6 Å². The summed E-state index contributed by atoms with van der Waals surface area (Å²) in [5.41, 5.74) is 8.03. The molecule has 0 aromatic heterocycles. The Hall–Kier alpha value is -1.84. The van der Waals surface area contributed by atoms with Gasteiger partial charge in [-0.05, 0) is 50.7 Å². The van der Waals surface area contributed by atoms with Crippen LogP contribution >= 0.6 is 0 Å². The predicted molar refractivity (Wildman–Crippen MR) is 83.8 cm³/mol. The van der Waals surface area contributed by atoms with Crippen molar-refractivity contribution in [3.8, 4) is 0 Å². The lowest BCUT2D eigenvalue weighted by atomic mass is 9.83. The van der Waals surface area contributed by atoms with E-state index in [1.165, 1.54) is 11.6 Å². The smallest absolute Gasteiger partial charge is 0.248 e. The van der Waals surface area contributed by atoms with Gasteiger partial charge in [0.05, 0.1) is 0 Å². The molecule has 0 fully saturated rings. The standard InChI is InChI=1S/C17H23FN2O/c1-10-4-11(2)6-13(5-10)9-20-16-8-14(17(19)21)7-15(18)12(16)3/h4,7-8,10,13,20H,5-6,9H2,1-3H3,(H2,19,21). The molecule has 2 rings (SSSR count). The first-order chi connectivity index (χ1) is 9.86. The highest BCUT2D eigenvalue weighted by molar-refractivity contribution is 5.94. The third-order valence-electron chi connectivity index (χ3n) is 4.09. The maximum atomic E-state index is 13.8. The van der Waals surface area contributed by atoms with E-state index in [0.29, 0.717) is 23.1 Å². The zero-order chi connectivity index (χ0) is 15.6. The average molecular weight is 290 g/mol. The molecule has 0 aliphatic heterocycles. The monoisotopic (exact) mass is 290 g/mol. The van der Waals surface area contributed by atoms with Gasteiger partial charge >= 0.3 is 0 Å². The number of amides is 1. The number of primary amides is 1. The van der Waals surface area contributed by atoms with Gasteiger partial charge in [0.15, 0.2) is 0 Å². The Kier molecular flexibility index (Phi) is 4.66. The van der Waals surface area contributed by atoms with Gasteiger partial charge in [-0.1, -0.05) is 18.6 Å². The van der Waals surface area contributed by atoms with E-state index in [9.17, 15) is 9.18 Å². The summed E-state index contributed by atoms with van der Waals surface area (Å²) in [7, 11) is 0. The van der Waals surface area contributed by atoms with Gasteiger partial charge in [0, 0.05) is 23.4 Å². The highest BCUT2D eigenvalue weighted by Crippen LogP contribution is 2.29. The molecule has 1 aromatic rings. The summed E-state index contributed by atoms with van der Waals surface area (Å²) in [6.07, 6.45) is 4.50. The van der Waals surface area contributed by atoms with Gasteiger partial charge in [0.25, 0.3) is 0 Å². The summed E-state index contributed by atoms with van der Waals surface area (Å²) in [5.74, 6) is 0.105. The Morgan fingerprint density at radius 2 is 2.14 bits per heavy atom. The molecule has 0 saturated heterocycles. The van der Waals surface area contributed by atoms with Crippen LogP contribution in [-0.4, -0.2) is 12.5 Å². The molecule has 0 heterocycles. The average Bonchev–Trinajstić information content (AvgIpc) is 2.39. The van der Waals surface area contributed by atoms with Gasteiger partial charge in [-0.15, -0.1) is 0 Å². The minimum absolute atomic E-state index is 0.202. The van der Waals surface area contributed by atoms with E-state index in [0.717, 1.165) is 19.4 Å². The van der Waals surface area contributed by atoms with Crippen LogP contribution in [0.4, 0.5) is 10.1 Å². The van der Waals surface area contributed by atoms with Crippen molar-refractivity contribution in [2.24, 2.45) is 17.6 Å². The van der Waals surface area contributed by atoms with Crippen LogP contribution < -0.4 is 11.1 Å². The normalized spacial score (nSPS) is 21.8. The Morgan fingerprint density at radius 1 is 1.43 bits per heavy atom. The maximum absolute atomic E-state index is 13.8. The Labute approximate surface area is 125 Å². The molecule has 2 atom stereocenters. The van der Waals surface area contributed by atoms with Crippen LogP contribution in [0.15, 0.2) is 23.8 Å². The van der Waals surface area contributed by atoms with Crippen molar-refractivity contribution < 1.29 is 9.18 Å². The van der Waals surface area contributed by atoms with Crippen LogP contribution in [-0.2, 0) is 0 Å². The molecule has 0 spiro atoms. The van der Waals surface area contributed by atoms with Crippen molar-refractivity contribution in [1.82, 2.24) is 0 Å². The highest BCUT2D eigenvalue weighted by atomic mass is 19.1. The first-order valence-electron chi connectivity index (χ1n) is 7.38. The fourth-order valence-corrected chi connectivity index (χ4v) is 3.10. The van der Waals surface area contributed by atoms with Crippen molar-refractivity contribution in [2.75, 3.05) is 11.9 Å². The lowest BCUT2D eigenvalue weighted by Gasteiger charge is -2.26. The highest BCUT2D eigenvalue weighted by Gasteiger charge is 2.18. The Balaban J connectivity index is 2.10. The number of rotatable bonds is 4. The molecule has 1 aromatic carbocycles. The van der Waals surface area contributed by atoms with E-state index in [2.05, 4.69) is 25.2 Å². The summed E-state index contributed by atoms with van der Waals surface area (Å²) in [5, 5.41) is 3.28. The van der Waals surface area contributed by atoms with Crippen LogP contribution in [0, 0.1) is 24.6 Å². The first-order valence-corrected chi connectivity index (χ1v) is 7.38. The Bertz CT molecular complexity index is 580. The number of carbonyl (C=O) groups excluding carboxylic acids is 1. The molecule has 3 nitrogen and oxygen atoms in total. The number of nitrogens with one attached hydrogen (secondary N) is 1. The molecule has 1 amide bonds. The molecular weight excluding hydrogens is 267 g/mol. The molecule has 0 saturated carbocycles. The minimum atomic E-state index is -0.609. The zero-order valence-corrected chi connectivity index (χ0v) is 12.9. The lowest BCUT2D eigenvalue weighted by molar-refractivity contribution is 0.1000. The molecule has 1 aliphatic rings. The number of hydrogen-bond acceptors (Lipinski definition) is 2. The van der Waals surface area contributed by atoms with Crippen LogP contribution in [0.2, 0.25) is 0 Å². The number of hydrogen-bond donors (Lipinski definition) is 2. The van der Waals surface area contributed by atoms with Crippen LogP contribution in [0.5, 0.6) is 0 Å². The number of nitrogens with two attached hydrogens (primary N) is 1. The van der Waals surface area contributed by atoms with Crippen LogP contribution in [0.1, 0.15) is 42.6 Å². The quantitative estimate of drug-likeness (QED) is 0.832. The maximum Gasteiger partial charge on any atom is 0.248 e. The van der Waals surface area contributed by atoms with Crippen molar-refractivity contribution in [2.45, 2.75) is 33.6 Å². The molecule has 1 aliphatic carbocycles. The summed E-state index contributed by atoms with van der Waals surface area (Å²) in [6, 6.07) is 2.83. The zero-order valence-electron chi connectivity index (χ0n) is 12.9. The fraction of sp³-hybridized carbons (Fsp3) is 0.471. The summed E-state index contributed by atoms with van der Waals surface area (Å²) < 4.78 is 13.8. The van der Waals surface area contributed by atoms with Gasteiger partial charge in [-0.2, -0.15) is 0 Å². The molecule has 4 heteroatoms. The Morgan fingerprint density at radius 3 is 2.76 bits per heavy atom. The summed E-state index contributed by atoms with van der Waals surface area (Å²) >= 11 is 0. The number of benzene rings is 1. The molecule has 114 valence electrons. The second-order valence-electron chi connectivity index (χ2n) is 6.17. The van der Waals surface area contributed by atoms with E-state index in [1.807, 2.05) is 0 Å². The van der Waals surface area contributed by atoms with Gasteiger partial charge in [0.2, 0.25) is 5.91 Å². The van der Waals surface area contributed by atoms with E-state index >= 15 is 0 Å². The molecule has 2 unspecified atom stereocenters. The number of halogens is 1. The van der Waals surface area contributed by atoms with Crippen molar-refractivity contribution in [3.05, 3.63) is 40.7 Å². The van der Waals surface area contributed by atoms with E-state index < -0.39 is 11.7 Å². The minimum Gasteiger partial charge on any atom is -0.384 e. The van der Waals surface area contributed by atoms with E-state index in [1.54, 1.807) is 13.0 Å². The third kappa shape index (κ3) is 3.84. The molecular formula is C17H23FN2O. The summed E-state index contributed by atoms with van der Waals surface area (Å²) in [4.78, 5) is 11.2. The van der Waals surface area contributed by atoms with Gasteiger partial charge in [0.1, 0.15) is 5.82 Å². The second kappa shape index (κ2) is 6.29. The van der Waals surface area contributed by atoms with Crippen LogP contribution in [0.25, 0.3) is 0 Å². The molecule has 0 bridgehead atoms. The molecule has 3 N–H and O–H groups in total. The van der Waals surface area contributed by atoms with Crippen molar-refractivity contribution in [1.29, 1.82) is 0 Å². The topological polar surface area (TPSA) is 55.1 Å². The van der Waals surface area contributed by atoms with E-state index in [-0.39, 0.29) is 5.56 Å². The van der Waals surface area contributed by atoms with Crippen molar-refractivity contribution in [3.63, 3.8) is 0 Å². The SMILES string of the molecule is CC1=CC(C)CC(CNc2cc(C(N)=O)cc(F)c2C)C1. The van der Waals surface area contributed by atoms with Gasteiger partial charge < -0.3 is 11.1 Å². The van der Waals surface area contributed by atoms with Crippen LogP contribution in [0.3, 0.4) is 0 Å². The molecule has 21 heavy (non-hydrogen) atoms. The first kappa shape index (κ1) is 15.5. The predicted octanol–water partition coefficient (Wildman–Crippen LogP) is 3.64. The fourth-order valence-electron chi connectivity index (χ4n) is 3.10. The van der Waals surface area contributed by atoms with Gasteiger partial charge in [-0.3, -0.25) is 4.79 Å². The summed E-state index contributed by atoms with van der Waals surface area (Å²) in [6.45, 7) is 6.85. The van der Waals surface area contributed by atoms with Gasteiger partial charge in [-0.25, -0.2) is 4.39 Å². The second-order valence-corrected chi connectivity index (χ2v) is 6.17. The lowest BCUT2D eigenvalue weighted by Crippen LogP contribution is -2.21. The number of anilines is 1. The third-order valence-corrected chi connectivity index (χ3v) is 4.09. The number of carbonyl (C=O) groups is 1. The number of allylic oxidation sites excluding steroid dienone is 2. The van der Waals surface area contributed by atoms with E-state index in [4.69, 9.17) is 5.73 Å². The molecule has 0 radical (unpaired) electrons. The largest absolute Gasteiger partial charge is 0.384 e.